The third-order valence-corrected chi connectivity index (χ3v) is 4.01. The summed E-state index contributed by atoms with van der Waals surface area (Å²) >= 11 is 0. The second-order valence-corrected chi connectivity index (χ2v) is 5.12. The first-order valence-electron chi connectivity index (χ1n) is 6.47. The van der Waals surface area contributed by atoms with Crippen molar-refractivity contribution >= 4 is 0 Å². The minimum absolute atomic E-state index is 0.394. The highest BCUT2D eigenvalue weighted by molar-refractivity contribution is 4.92. The van der Waals surface area contributed by atoms with Crippen molar-refractivity contribution in [2.45, 2.75) is 53.1 Å². The Morgan fingerprint density at radius 3 is 2.67 bits per heavy atom. The van der Waals surface area contributed by atoms with Gasteiger partial charge in [0, 0.05) is 18.6 Å². The molecule has 0 radical (unpaired) electrons. The van der Waals surface area contributed by atoms with Gasteiger partial charge in [-0.05, 0) is 32.2 Å². The Kier molecular flexibility index (Phi) is 5.07. The summed E-state index contributed by atoms with van der Waals surface area (Å²) in [6.07, 6.45) is 4.23. The molecule has 0 bridgehead atoms. The zero-order chi connectivity index (χ0) is 11.3. The second kappa shape index (κ2) is 5.86. The van der Waals surface area contributed by atoms with Gasteiger partial charge in [0.05, 0.1) is 6.10 Å². The Balaban J connectivity index is 2.59. The van der Waals surface area contributed by atoms with Crippen LogP contribution < -0.4 is 5.32 Å². The largest absolute Gasteiger partial charge is 0.378 e. The van der Waals surface area contributed by atoms with Crippen LogP contribution in [-0.4, -0.2) is 25.8 Å². The number of hydrogen-bond donors (Lipinski definition) is 1. The maximum Gasteiger partial charge on any atom is 0.0616 e. The van der Waals surface area contributed by atoms with Gasteiger partial charge in [0.2, 0.25) is 0 Å². The van der Waals surface area contributed by atoms with Gasteiger partial charge in [-0.2, -0.15) is 0 Å². The molecule has 15 heavy (non-hydrogen) atoms. The predicted molar refractivity (Wildman–Crippen MR) is 65.1 cm³/mol. The summed E-state index contributed by atoms with van der Waals surface area (Å²) in [4.78, 5) is 0. The average molecular weight is 213 g/mol. The van der Waals surface area contributed by atoms with Crippen molar-refractivity contribution in [1.29, 1.82) is 0 Å². The van der Waals surface area contributed by atoms with Gasteiger partial charge in [-0.25, -0.2) is 0 Å². The van der Waals surface area contributed by atoms with E-state index in [4.69, 9.17) is 4.74 Å². The van der Waals surface area contributed by atoms with E-state index in [0.717, 1.165) is 25.6 Å². The van der Waals surface area contributed by atoms with Crippen LogP contribution in [0.25, 0.3) is 0 Å². The molecular weight excluding hydrogens is 186 g/mol. The first kappa shape index (κ1) is 13.0. The van der Waals surface area contributed by atoms with Crippen molar-refractivity contribution in [3.05, 3.63) is 0 Å². The zero-order valence-corrected chi connectivity index (χ0v) is 10.8. The molecule has 1 fully saturated rings. The van der Waals surface area contributed by atoms with Crippen LogP contribution in [0.15, 0.2) is 0 Å². The van der Waals surface area contributed by atoms with Crippen LogP contribution in [0.1, 0.15) is 47.0 Å². The summed E-state index contributed by atoms with van der Waals surface area (Å²) < 4.78 is 5.77. The standard InChI is InChI=1S/C13H27NO/c1-5-11(3)9-13(10-14-6-2)7-8-15-12(13)4/h11-12,14H,5-10H2,1-4H3. The lowest BCUT2D eigenvalue weighted by atomic mass is 9.74. The van der Waals surface area contributed by atoms with E-state index in [-0.39, 0.29) is 0 Å². The van der Waals surface area contributed by atoms with Crippen LogP contribution in [0.2, 0.25) is 0 Å². The fraction of sp³-hybridized carbons (Fsp3) is 1.00. The van der Waals surface area contributed by atoms with E-state index in [1.165, 1.54) is 19.3 Å². The lowest BCUT2D eigenvalue weighted by molar-refractivity contribution is 0.0503. The number of ether oxygens (including phenoxy) is 1. The molecule has 2 nitrogen and oxygen atoms in total. The lowest BCUT2D eigenvalue weighted by Crippen LogP contribution is -2.40. The van der Waals surface area contributed by atoms with Gasteiger partial charge in [-0.3, -0.25) is 0 Å². The van der Waals surface area contributed by atoms with Gasteiger partial charge in [0.1, 0.15) is 0 Å². The molecule has 0 amide bonds. The van der Waals surface area contributed by atoms with Crippen molar-refractivity contribution in [2.75, 3.05) is 19.7 Å². The Bertz CT molecular complexity index is 183. The second-order valence-electron chi connectivity index (χ2n) is 5.12. The third-order valence-electron chi connectivity index (χ3n) is 4.01. The summed E-state index contributed by atoms with van der Waals surface area (Å²) in [6.45, 7) is 12.2. The molecule has 3 unspecified atom stereocenters. The van der Waals surface area contributed by atoms with E-state index in [1.807, 2.05) is 0 Å². The summed E-state index contributed by atoms with van der Waals surface area (Å²) in [7, 11) is 0. The van der Waals surface area contributed by atoms with Crippen molar-refractivity contribution in [3.63, 3.8) is 0 Å². The Morgan fingerprint density at radius 1 is 1.47 bits per heavy atom. The molecule has 90 valence electrons. The molecule has 0 saturated carbocycles. The molecule has 1 aliphatic rings. The molecule has 3 atom stereocenters. The molecule has 0 aromatic rings. The molecule has 1 rings (SSSR count). The van der Waals surface area contributed by atoms with Gasteiger partial charge in [-0.1, -0.05) is 27.2 Å². The fourth-order valence-electron chi connectivity index (χ4n) is 2.60. The lowest BCUT2D eigenvalue weighted by Gasteiger charge is -2.34. The highest BCUT2D eigenvalue weighted by atomic mass is 16.5. The predicted octanol–water partition coefficient (Wildman–Crippen LogP) is 2.83. The highest BCUT2D eigenvalue weighted by Crippen LogP contribution is 2.40. The van der Waals surface area contributed by atoms with Crippen LogP contribution in [0.5, 0.6) is 0 Å². The summed E-state index contributed by atoms with van der Waals surface area (Å²) in [5, 5.41) is 3.51. The van der Waals surface area contributed by atoms with Crippen LogP contribution in [0, 0.1) is 11.3 Å². The van der Waals surface area contributed by atoms with Crippen LogP contribution >= 0.6 is 0 Å². The molecule has 0 aromatic carbocycles. The first-order valence-corrected chi connectivity index (χ1v) is 6.47. The van der Waals surface area contributed by atoms with E-state index in [0.29, 0.717) is 11.5 Å². The normalized spacial score (nSPS) is 33.2. The van der Waals surface area contributed by atoms with E-state index in [9.17, 15) is 0 Å². The average Bonchev–Trinajstić information content (AvgIpc) is 2.58. The molecule has 0 spiro atoms. The van der Waals surface area contributed by atoms with Gasteiger partial charge < -0.3 is 10.1 Å². The highest BCUT2D eigenvalue weighted by Gasteiger charge is 2.41. The summed E-state index contributed by atoms with van der Waals surface area (Å²) in [5.74, 6) is 0.813. The van der Waals surface area contributed by atoms with E-state index in [2.05, 4.69) is 33.0 Å². The molecule has 2 heteroatoms. The Labute approximate surface area is 94.8 Å². The number of hydrogen-bond acceptors (Lipinski definition) is 2. The molecule has 0 aromatic heterocycles. The first-order chi connectivity index (χ1) is 7.14. The monoisotopic (exact) mass is 213 g/mol. The summed E-state index contributed by atoms with van der Waals surface area (Å²) in [6, 6.07) is 0. The van der Waals surface area contributed by atoms with Crippen LogP contribution in [0.4, 0.5) is 0 Å². The van der Waals surface area contributed by atoms with Crippen molar-refractivity contribution in [1.82, 2.24) is 5.32 Å². The summed E-state index contributed by atoms with van der Waals surface area (Å²) in [5.41, 5.74) is 0.394. The topological polar surface area (TPSA) is 21.3 Å². The number of nitrogens with one attached hydrogen (secondary N) is 1. The molecule has 1 N–H and O–H groups in total. The van der Waals surface area contributed by atoms with E-state index in [1.54, 1.807) is 0 Å². The van der Waals surface area contributed by atoms with Crippen LogP contribution in [0.3, 0.4) is 0 Å². The van der Waals surface area contributed by atoms with Gasteiger partial charge in [0.15, 0.2) is 0 Å². The van der Waals surface area contributed by atoms with Crippen molar-refractivity contribution in [2.24, 2.45) is 11.3 Å². The van der Waals surface area contributed by atoms with Crippen molar-refractivity contribution < 1.29 is 4.74 Å². The maximum atomic E-state index is 5.77. The molecule has 0 aliphatic carbocycles. The van der Waals surface area contributed by atoms with Crippen molar-refractivity contribution in [3.8, 4) is 0 Å². The van der Waals surface area contributed by atoms with Gasteiger partial charge >= 0.3 is 0 Å². The van der Waals surface area contributed by atoms with Gasteiger partial charge in [-0.15, -0.1) is 0 Å². The molecular formula is C13H27NO. The van der Waals surface area contributed by atoms with Crippen LogP contribution in [-0.2, 0) is 4.74 Å². The molecule has 1 heterocycles. The minimum Gasteiger partial charge on any atom is -0.378 e. The third kappa shape index (κ3) is 3.18. The van der Waals surface area contributed by atoms with E-state index < -0.39 is 0 Å². The quantitative estimate of drug-likeness (QED) is 0.732. The van der Waals surface area contributed by atoms with Gasteiger partial charge in [0.25, 0.3) is 0 Å². The van der Waals surface area contributed by atoms with E-state index >= 15 is 0 Å². The zero-order valence-electron chi connectivity index (χ0n) is 10.8. The number of rotatable bonds is 6. The fourth-order valence-corrected chi connectivity index (χ4v) is 2.60. The Morgan fingerprint density at radius 2 is 2.20 bits per heavy atom. The minimum atomic E-state index is 0.394. The maximum absolute atomic E-state index is 5.77. The Hall–Kier alpha value is -0.0800. The smallest absolute Gasteiger partial charge is 0.0616 e. The molecule has 1 saturated heterocycles. The molecule has 1 aliphatic heterocycles. The SMILES string of the molecule is CCNCC1(CC(C)CC)CCOC1C.